The molecule has 2 aromatic carbocycles. The van der Waals surface area contributed by atoms with Crippen LogP contribution in [0.25, 0.3) is 11.3 Å². The zero-order chi connectivity index (χ0) is 21.8. The minimum Gasteiger partial charge on any atom is -0.484 e. The Morgan fingerprint density at radius 3 is 2.32 bits per heavy atom. The van der Waals surface area contributed by atoms with Crippen molar-refractivity contribution in [3.8, 4) is 17.0 Å². The van der Waals surface area contributed by atoms with Crippen molar-refractivity contribution in [3.63, 3.8) is 0 Å². The molecule has 1 aliphatic heterocycles. The first-order valence-electron chi connectivity index (χ1n) is 10.3. The summed E-state index contributed by atoms with van der Waals surface area (Å²) in [7, 11) is 0. The molecule has 160 valence electrons. The summed E-state index contributed by atoms with van der Waals surface area (Å²) < 4.78 is 18.9. The predicted octanol–water partition coefficient (Wildman–Crippen LogP) is 3.63. The SMILES string of the molecule is Cc1cc(C)cc(OCC(=O)N2CCN(c3cc(-c4ccc(F)cc4)ncn3)CC2)c1. The number of aromatic nitrogens is 2. The van der Waals surface area contributed by atoms with Crippen LogP contribution in [0.3, 0.4) is 0 Å². The van der Waals surface area contributed by atoms with Crippen molar-refractivity contribution < 1.29 is 13.9 Å². The average Bonchev–Trinajstić information content (AvgIpc) is 2.77. The van der Waals surface area contributed by atoms with Gasteiger partial charge in [-0.1, -0.05) is 6.07 Å². The molecular weight excluding hydrogens is 395 g/mol. The molecule has 3 aromatic rings. The second-order valence-corrected chi connectivity index (χ2v) is 7.75. The number of aryl methyl sites for hydroxylation is 2. The standard InChI is InChI=1S/C24H25FN4O2/c1-17-11-18(2)13-21(12-17)31-15-24(30)29-9-7-28(8-10-29)23-14-22(26-16-27-23)19-3-5-20(25)6-4-19/h3-6,11-14,16H,7-10,15H2,1-2H3. The topological polar surface area (TPSA) is 58.6 Å². The molecule has 0 aliphatic carbocycles. The van der Waals surface area contributed by atoms with Crippen LogP contribution < -0.4 is 9.64 Å². The number of rotatable bonds is 5. The fourth-order valence-corrected chi connectivity index (χ4v) is 3.74. The quantitative estimate of drug-likeness (QED) is 0.631. The van der Waals surface area contributed by atoms with E-state index in [9.17, 15) is 9.18 Å². The highest BCUT2D eigenvalue weighted by Gasteiger charge is 2.22. The Balaban J connectivity index is 1.33. The zero-order valence-corrected chi connectivity index (χ0v) is 17.7. The lowest BCUT2D eigenvalue weighted by molar-refractivity contribution is -0.133. The van der Waals surface area contributed by atoms with E-state index < -0.39 is 0 Å². The lowest BCUT2D eigenvalue weighted by Crippen LogP contribution is -2.50. The molecule has 2 heterocycles. The van der Waals surface area contributed by atoms with E-state index in [-0.39, 0.29) is 18.3 Å². The fourth-order valence-electron chi connectivity index (χ4n) is 3.74. The number of halogens is 1. The molecule has 0 N–H and O–H groups in total. The summed E-state index contributed by atoms with van der Waals surface area (Å²) in [4.78, 5) is 25.2. The van der Waals surface area contributed by atoms with Crippen LogP contribution in [-0.4, -0.2) is 53.6 Å². The number of anilines is 1. The van der Waals surface area contributed by atoms with Gasteiger partial charge < -0.3 is 14.5 Å². The van der Waals surface area contributed by atoms with Crippen molar-refractivity contribution in [2.75, 3.05) is 37.7 Å². The molecule has 1 fully saturated rings. The fraction of sp³-hybridized carbons (Fsp3) is 0.292. The Labute approximate surface area is 181 Å². The van der Waals surface area contributed by atoms with Gasteiger partial charge in [0.1, 0.15) is 23.7 Å². The number of piperazine rings is 1. The van der Waals surface area contributed by atoms with Crippen molar-refractivity contribution in [1.29, 1.82) is 0 Å². The molecule has 7 heteroatoms. The number of ether oxygens (including phenoxy) is 1. The van der Waals surface area contributed by atoms with Crippen LogP contribution in [0, 0.1) is 19.7 Å². The van der Waals surface area contributed by atoms with Crippen molar-refractivity contribution in [1.82, 2.24) is 14.9 Å². The summed E-state index contributed by atoms with van der Waals surface area (Å²) in [5.74, 6) is 1.22. The minimum atomic E-state index is -0.277. The van der Waals surface area contributed by atoms with Crippen LogP contribution in [0.2, 0.25) is 0 Å². The number of hydrogen-bond acceptors (Lipinski definition) is 5. The van der Waals surface area contributed by atoms with Gasteiger partial charge in [-0.25, -0.2) is 14.4 Å². The van der Waals surface area contributed by atoms with E-state index in [0.717, 1.165) is 34.0 Å². The molecular formula is C24H25FN4O2. The third-order valence-electron chi connectivity index (χ3n) is 5.31. The number of benzene rings is 2. The van der Waals surface area contributed by atoms with Gasteiger partial charge in [0.25, 0.3) is 5.91 Å². The number of amides is 1. The minimum absolute atomic E-state index is 0.0199. The van der Waals surface area contributed by atoms with Gasteiger partial charge in [0.2, 0.25) is 0 Å². The van der Waals surface area contributed by atoms with E-state index in [1.54, 1.807) is 12.1 Å². The van der Waals surface area contributed by atoms with Crippen molar-refractivity contribution in [3.05, 3.63) is 71.8 Å². The molecule has 0 unspecified atom stereocenters. The van der Waals surface area contributed by atoms with Crippen molar-refractivity contribution in [2.24, 2.45) is 0 Å². The summed E-state index contributed by atoms with van der Waals surface area (Å²) in [6.07, 6.45) is 1.52. The molecule has 0 saturated carbocycles. The van der Waals surface area contributed by atoms with Gasteiger partial charge in [0.15, 0.2) is 6.61 Å². The third kappa shape index (κ3) is 5.17. The Bertz CT molecular complexity index is 1040. The monoisotopic (exact) mass is 420 g/mol. The molecule has 0 bridgehead atoms. The highest BCUT2D eigenvalue weighted by molar-refractivity contribution is 5.78. The summed E-state index contributed by atoms with van der Waals surface area (Å²) in [5.41, 5.74) is 3.80. The highest BCUT2D eigenvalue weighted by Crippen LogP contribution is 2.22. The number of nitrogens with zero attached hydrogens (tertiary/aromatic N) is 4. The molecule has 1 aliphatic rings. The lowest BCUT2D eigenvalue weighted by Gasteiger charge is -2.35. The maximum Gasteiger partial charge on any atom is 0.260 e. The molecule has 0 atom stereocenters. The summed E-state index contributed by atoms with van der Waals surface area (Å²) in [6.45, 7) is 6.61. The average molecular weight is 420 g/mol. The molecule has 6 nitrogen and oxygen atoms in total. The van der Waals surface area contributed by atoms with Crippen LogP contribution in [0.1, 0.15) is 11.1 Å². The van der Waals surface area contributed by atoms with E-state index in [2.05, 4.69) is 20.9 Å². The molecule has 1 amide bonds. The maximum absolute atomic E-state index is 13.2. The Morgan fingerprint density at radius 2 is 1.65 bits per heavy atom. The lowest BCUT2D eigenvalue weighted by atomic mass is 10.1. The van der Waals surface area contributed by atoms with E-state index in [1.807, 2.05) is 36.9 Å². The normalized spacial score (nSPS) is 13.9. The first-order chi connectivity index (χ1) is 15.0. The van der Waals surface area contributed by atoms with Crippen LogP contribution in [-0.2, 0) is 4.79 Å². The first kappa shape index (κ1) is 20.8. The predicted molar refractivity (Wildman–Crippen MR) is 118 cm³/mol. The first-order valence-corrected chi connectivity index (χ1v) is 10.3. The third-order valence-corrected chi connectivity index (χ3v) is 5.31. The highest BCUT2D eigenvalue weighted by atomic mass is 19.1. The number of carbonyl (C=O) groups is 1. The molecule has 0 spiro atoms. The molecule has 1 saturated heterocycles. The van der Waals surface area contributed by atoms with Gasteiger partial charge in [0.05, 0.1) is 5.69 Å². The smallest absolute Gasteiger partial charge is 0.260 e. The van der Waals surface area contributed by atoms with Crippen LogP contribution in [0.4, 0.5) is 10.2 Å². The van der Waals surface area contributed by atoms with Crippen LogP contribution in [0.5, 0.6) is 5.75 Å². The van der Waals surface area contributed by atoms with Crippen LogP contribution in [0.15, 0.2) is 54.9 Å². The van der Waals surface area contributed by atoms with Gasteiger partial charge in [-0.3, -0.25) is 4.79 Å². The Hall–Kier alpha value is -3.48. The second kappa shape index (κ2) is 9.12. The second-order valence-electron chi connectivity index (χ2n) is 7.75. The molecule has 1 aromatic heterocycles. The summed E-state index contributed by atoms with van der Waals surface area (Å²) >= 11 is 0. The summed E-state index contributed by atoms with van der Waals surface area (Å²) in [5, 5.41) is 0. The molecule has 0 radical (unpaired) electrons. The largest absolute Gasteiger partial charge is 0.484 e. The van der Waals surface area contributed by atoms with Gasteiger partial charge in [0, 0.05) is 37.8 Å². The van der Waals surface area contributed by atoms with E-state index >= 15 is 0 Å². The number of hydrogen-bond donors (Lipinski definition) is 0. The van der Waals surface area contributed by atoms with Gasteiger partial charge in [-0.2, -0.15) is 0 Å². The van der Waals surface area contributed by atoms with Gasteiger partial charge >= 0.3 is 0 Å². The van der Waals surface area contributed by atoms with E-state index in [0.29, 0.717) is 26.2 Å². The van der Waals surface area contributed by atoms with E-state index in [4.69, 9.17) is 4.74 Å². The van der Waals surface area contributed by atoms with Crippen molar-refractivity contribution >= 4 is 11.7 Å². The van der Waals surface area contributed by atoms with Crippen LogP contribution >= 0.6 is 0 Å². The van der Waals surface area contributed by atoms with E-state index in [1.165, 1.54) is 18.5 Å². The van der Waals surface area contributed by atoms with Gasteiger partial charge in [-0.15, -0.1) is 0 Å². The Kier molecular flexibility index (Phi) is 6.11. The summed E-state index contributed by atoms with van der Waals surface area (Å²) in [6, 6.07) is 14.1. The van der Waals surface area contributed by atoms with Gasteiger partial charge in [-0.05, 0) is 61.4 Å². The maximum atomic E-state index is 13.2. The Morgan fingerprint density at radius 1 is 0.968 bits per heavy atom. The number of carbonyl (C=O) groups excluding carboxylic acids is 1. The molecule has 4 rings (SSSR count). The van der Waals surface area contributed by atoms with Crippen molar-refractivity contribution in [2.45, 2.75) is 13.8 Å². The molecule has 31 heavy (non-hydrogen) atoms. The zero-order valence-electron chi connectivity index (χ0n) is 17.7.